The zero-order valence-electron chi connectivity index (χ0n) is 21.8. The number of amides is 1. The first-order valence-corrected chi connectivity index (χ1v) is 14.4. The minimum atomic E-state index is -0.0863. The van der Waals surface area contributed by atoms with Crippen LogP contribution < -0.4 is 19.7 Å². The van der Waals surface area contributed by atoms with Gasteiger partial charge in [-0.25, -0.2) is 8.82 Å². The number of aromatic nitrogens is 2. The van der Waals surface area contributed by atoms with Gasteiger partial charge >= 0.3 is 0 Å². The number of nitrogens with zero attached hydrogens (tertiary/aromatic N) is 4. The SMILES string of the molecule is COc1cc(-c2cc(OC(C)C3CNC(=O)C3)c3c(C4CC4)cnn3c2)ccc1N1CCN(SC)CC1. The zero-order chi connectivity index (χ0) is 25.5. The molecule has 1 aliphatic carbocycles. The highest BCUT2D eigenvalue weighted by Gasteiger charge is 2.31. The molecule has 1 saturated carbocycles. The third-order valence-corrected chi connectivity index (χ3v) is 8.84. The van der Waals surface area contributed by atoms with Crippen LogP contribution in [0, 0.1) is 5.92 Å². The Morgan fingerprint density at radius 2 is 1.89 bits per heavy atom. The first-order valence-electron chi connectivity index (χ1n) is 13.2. The molecule has 37 heavy (non-hydrogen) atoms. The standard InChI is InChI=1S/C28H35N5O3S/c1-18(21-14-27(34)29-15-21)36-26-13-22(17-33-28(26)23(16-30-33)19-4-5-19)20-6-7-24(25(12-20)35-2)31-8-10-32(37-3)11-9-31/h6-7,12-13,16-19,21H,4-5,8-11,14-15H2,1-3H3,(H,29,34). The quantitative estimate of drug-likeness (QED) is 0.446. The summed E-state index contributed by atoms with van der Waals surface area (Å²) in [6.07, 6.45) is 9.04. The summed E-state index contributed by atoms with van der Waals surface area (Å²) in [5, 5.41) is 7.65. The molecule has 1 aromatic carbocycles. The van der Waals surface area contributed by atoms with Crippen LogP contribution in [0.25, 0.3) is 16.6 Å². The average molecular weight is 522 g/mol. The predicted octanol–water partition coefficient (Wildman–Crippen LogP) is 4.19. The molecule has 9 heteroatoms. The van der Waals surface area contributed by atoms with E-state index in [4.69, 9.17) is 14.6 Å². The van der Waals surface area contributed by atoms with Crippen LogP contribution in [-0.2, 0) is 4.79 Å². The predicted molar refractivity (Wildman–Crippen MR) is 148 cm³/mol. The minimum absolute atomic E-state index is 0.0863. The number of nitrogens with one attached hydrogen (secondary N) is 1. The number of rotatable bonds is 8. The number of benzene rings is 1. The molecule has 8 nitrogen and oxygen atoms in total. The number of carbonyl (C=O) groups is 1. The second-order valence-electron chi connectivity index (χ2n) is 10.3. The van der Waals surface area contributed by atoms with Crippen LogP contribution >= 0.6 is 11.9 Å². The van der Waals surface area contributed by atoms with Gasteiger partial charge in [-0.3, -0.25) is 4.79 Å². The molecule has 1 amide bonds. The van der Waals surface area contributed by atoms with Crippen molar-refractivity contribution in [1.82, 2.24) is 19.2 Å². The molecule has 1 N–H and O–H groups in total. The monoisotopic (exact) mass is 521 g/mol. The van der Waals surface area contributed by atoms with E-state index in [1.165, 1.54) is 18.4 Å². The number of anilines is 1. The first-order chi connectivity index (χ1) is 18.0. The van der Waals surface area contributed by atoms with Gasteiger partial charge in [-0.2, -0.15) is 5.10 Å². The topological polar surface area (TPSA) is 71.3 Å². The Balaban J connectivity index is 1.34. The molecule has 3 aromatic rings. The Morgan fingerprint density at radius 1 is 1.11 bits per heavy atom. The highest BCUT2D eigenvalue weighted by molar-refractivity contribution is 7.96. The summed E-state index contributed by atoms with van der Waals surface area (Å²) >= 11 is 1.81. The van der Waals surface area contributed by atoms with Gasteiger partial charge in [0.25, 0.3) is 0 Å². The fourth-order valence-corrected chi connectivity index (χ4v) is 6.06. The summed E-state index contributed by atoms with van der Waals surface area (Å²) in [4.78, 5) is 14.2. The number of piperazine rings is 1. The lowest BCUT2D eigenvalue weighted by Crippen LogP contribution is -2.43. The Morgan fingerprint density at radius 3 is 2.57 bits per heavy atom. The number of pyridine rings is 1. The molecule has 3 aliphatic rings. The molecule has 196 valence electrons. The lowest BCUT2D eigenvalue weighted by atomic mass is 10.0. The molecule has 6 rings (SSSR count). The molecule has 0 spiro atoms. The third kappa shape index (κ3) is 4.86. The molecule has 2 aromatic heterocycles. The molecular weight excluding hydrogens is 486 g/mol. The van der Waals surface area contributed by atoms with Crippen LogP contribution in [0.2, 0.25) is 0 Å². The minimum Gasteiger partial charge on any atom is -0.495 e. The summed E-state index contributed by atoms with van der Waals surface area (Å²) in [5.41, 5.74) is 5.52. The van der Waals surface area contributed by atoms with Crippen molar-refractivity contribution < 1.29 is 14.3 Å². The van der Waals surface area contributed by atoms with Gasteiger partial charge in [0, 0.05) is 62.4 Å². The summed E-state index contributed by atoms with van der Waals surface area (Å²) in [6, 6.07) is 8.59. The van der Waals surface area contributed by atoms with Crippen LogP contribution in [0.15, 0.2) is 36.7 Å². The van der Waals surface area contributed by atoms with Crippen LogP contribution in [0.3, 0.4) is 0 Å². The number of fused-ring (bicyclic) bond motifs is 1. The Bertz CT molecular complexity index is 1300. The van der Waals surface area contributed by atoms with Gasteiger partial charge in [0.1, 0.15) is 23.1 Å². The summed E-state index contributed by atoms with van der Waals surface area (Å²) in [5.74, 6) is 2.53. The highest BCUT2D eigenvalue weighted by Crippen LogP contribution is 2.45. The molecule has 2 atom stereocenters. The van der Waals surface area contributed by atoms with E-state index in [-0.39, 0.29) is 17.9 Å². The lowest BCUT2D eigenvalue weighted by molar-refractivity contribution is -0.119. The van der Waals surface area contributed by atoms with Crippen molar-refractivity contribution in [2.45, 2.75) is 38.2 Å². The van der Waals surface area contributed by atoms with E-state index in [1.54, 1.807) is 7.11 Å². The number of hydrogen-bond donors (Lipinski definition) is 1. The van der Waals surface area contributed by atoms with Gasteiger partial charge in [0.2, 0.25) is 5.91 Å². The maximum absolute atomic E-state index is 11.8. The van der Waals surface area contributed by atoms with Gasteiger partial charge in [0.15, 0.2) is 0 Å². The number of ether oxygens (including phenoxy) is 2. The van der Waals surface area contributed by atoms with Gasteiger partial charge in [0.05, 0.1) is 19.0 Å². The largest absolute Gasteiger partial charge is 0.495 e. The van der Waals surface area contributed by atoms with Crippen molar-refractivity contribution in [1.29, 1.82) is 0 Å². The lowest BCUT2D eigenvalue weighted by Gasteiger charge is -2.35. The van der Waals surface area contributed by atoms with Gasteiger partial charge in [-0.1, -0.05) is 18.0 Å². The van der Waals surface area contributed by atoms with E-state index < -0.39 is 0 Å². The van der Waals surface area contributed by atoms with Crippen LogP contribution in [0.5, 0.6) is 11.5 Å². The van der Waals surface area contributed by atoms with Crippen molar-refractivity contribution in [3.63, 3.8) is 0 Å². The van der Waals surface area contributed by atoms with E-state index >= 15 is 0 Å². The smallest absolute Gasteiger partial charge is 0.220 e. The maximum Gasteiger partial charge on any atom is 0.220 e. The molecule has 0 radical (unpaired) electrons. The fourth-order valence-electron chi connectivity index (χ4n) is 5.53. The van der Waals surface area contributed by atoms with Crippen LogP contribution in [0.4, 0.5) is 5.69 Å². The van der Waals surface area contributed by atoms with E-state index in [0.717, 1.165) is 60.0 Å². The van der Waals surface area contributed by atoms with Crippen molar-refractivity contribution in [3.05, 3.63) is 42.2 Å². The molecule has 2 aliphatic heterocycles. The van der Waals surface area contributed by atoms with E-state index in [9.17, 15) is 4.79 Å². The molecule has 2 unspecified atom stereocenters. The maximum atomic E-state index is 11.8. The van der Waals surface area contributed by atoms with Crippen molar-refractivity contribution in [2.75, 3.05) is 51.0 Å². The average Bonchev–Trinajstić information content (AvgIpc) is 3.53. The molecule has 2 saturated heterocycles. The molecule has 0 bridgehead atoms. The second-order valence-corrected chi connectivity index (χ2v) is 11.2. The van der Waals surface area contributed by atoms with Gasteiger partial charge in [-0.05, 0) is 55.7 Å². The van der Waals surface area contributed by atoms with E-state index in [1.807, 2.05) is 22.7 Å². The molecule has 4 heterocycles. The second kappa shape index (κ2) is 10.1. The van der Waals surface area contributed by atoms with Crippen LogP contribution in [0.1, 0.15) is 37.7 Å². The number of methoxy groups -OCH3 is 1. The summed E-state index contributed by atoms with van der Waals surface area (Å²) < 4.78 is 16.8. The molecule has 3 fully saturated rings. The Hall–Kier alpha value is -2.91. The number of hydrogen-bond acceptors (Lipinski definition) is 7. The van der Waals surface area contributed by atoms with Crippen molar-refractivity contribution in [3.8, 4) is 22.6 Å². The number of carbonyl (C=O) groups excluding carboxylic acids is 1. The Labute approximate surface area is 222 Å². The summed E-state index contributed by atoms with van der Waals surface area (Å²) in [7, 11) is 1.74. The third-order valence-electron chi connectivity index (χ3n) is 7.96. The van der Waals surface area contributed by atoms with Gasteiger partial charge < -0.3 is 19.7 Å². The van der Waals surface area contributed by atoms with Crippen molar-refractivity contribution in [2.24, 2.45) is 5.92 Å². The first kappa shape index (κ1) is 24.4. The summed E-state index contributed by atoms with van der Waals surface area (Å²) in [6.45, 7) is 6.76. The molecular formula is C28H35N5O3S. The van der Waals surface area contributed by atoms with E-state index in [0.29, 0.717) is 18.9 Å². The normalized spacial score (nSPS) is 21.3. The van der Waals surface area contributed by atoms with E-state index in [2.05, 4.69) is 58.2 Å². The Kier molecular flexibility index (Phi) is 6.67. The fraction of sp³-hybridized carbons (Fsp3) is 0.500. The highest BCUT2D eigenvalue weighted by atomic mass is 32.2. The van der Waals surface area contributed by atoms with Gasteiger partial charge in [-0.15, -0.1) is 0 Å². The zero-order valence-corrected chi connectivity index (χ0v) is 22.6. The van der Waals surface area contributed by atoms with Crippen LogP contribution in [-0.4, -0.2) is 72.0 Å². The van der Waals surface area contributed by atoms with Crippen molar-refractivity contribution >= 4 is 29.1 Å².